The van der Waals surface area contributed by atoms with E-state index in [1.165, 1.54) is 11.7 Å². The van der Waals surface area contributed by atoms with Gasteiger partial charge >= 0.3 is 0 Å². The van der Waals surface area contributed by atoms with Crippen molar-refractivity contribution < 1.29 is 9.53 Å². The molecule has 0 aliphatic heterocycles. The van der Waals surface area contributed by atoms with E-state index in [9.17, 15) is 9.59 Å². The molecule has 1 aromatic carbocycles. The first-order chi connectivity index (χ1) is 11.1. The average molecular weight is 313 g/mol. The van der Waals surface area contributed by atoms with Gasteiger partial charge in [0.2, 0.25) is 0 Å². The first-order valence-electron chi connectivity index (χ1n) is 7.61. The van der Waals surface area contributed by atoms with Gasteiger partial charge in [0.1, 0.15) is 11.3 Å². The van der Waals surface area contributed by atoms with Crippen molar-refractivity contribution in [3.63, 3.8) is 0 Å². The van der Waals surface area contributed by atoms with Crippen LogP contribution in [0.3, 0.4) is 0 Å². The SMILES string of the molecule is CNC(=O)c1cc(-c2ccc(OC)cc2)nn(CC2CC2)c1=O. The van der Waals surface area contributed by atoms with Crippen molar-refractivity contribution in [1.82, 2.24) is 15.1 Å². The van der Waals surface area contributed by atoms with Crippen LogP contribution < -0.4 is 15.6 Å². The second-order valence-electron chi connectivity index (χ2n) is 5.68. The Kier molecular flexibility index (Phi) is 4.14. The lowest BCUT2D eigenvalue weighted by Gasteiger charge is -2.10. The zero-order valence-electron chi connectivity index (χ0n) is 13.2. The van der Waals surface area contributed by atoms with Crippen LogP contribution in [0.1, 0.15) is 23.2 Å². The molecule has 120 valence electrons. The summed E-state index contributed by atoms with van der Waals surface area (Å²) >= 11 is 0. The van der Waals surface area contributed by atoms with Gasteiger partial charge in [-0.2, -0.15) is 5.10 Å². The molecule has 0 unspecified atom stereocenters. The molecular formula is C17H19N3O3. The maximum Gasteiger partial charge on any atom is 0.279 e. The van der Waals surface area contributed by atoms with Crippen LogP contribution in [0.15, 0.2) is 35.1 Å². The molecule has 1 heterocycles. The van der Waals surface area contributed by atoms with Crippen molar-refractivity contribution in [2.24, 2.45) is 5.92 Å². The van der Waals surface area contributed by atoms with Gasteiger partial charge in [-0.1, -0.05) is 0 Å². The Balaban J connectivity index is 2.07. The first kappa shape index (κ1) is 15.3. The van der Waals surface area contributed by atoms with Crippen LogP contribution in [0.25, 0.3) is 11.3 Å². The molecule has 1 saturated carbocycles. The summed E-state index contributed by atoms with van der Waals surface area (Å²) in [7, 11) is 3.12. The van der Waals surface area contributed by atoms with Gasteiger partial charge in [0, 0.05) is 19.2 Å². The van der Waals surface area contributed by atoms with E-state index in [4.69, 9.17) is 4.74 Å². The molecule has 6 heteroatoms. The van der Waals surface area contributed by atoms with E-state index in [-0.39, 0.29) is 11.1 Å². The topological polar surface area (TPSA) is 73.2 Å². The molecule has 0 spiro atoms. The third-order valence-corrected chi connectivity index (χ3v) is 3.96. The van der Waals surface area contributed by atoms with Crippen LogP contribution in [0, 0.1) is 5.92 Å². The minimum absolute atomic E-state index is 0.119. The molecule has 2 aromatic rings. The van der Waals surface area contributed by atoms with E-state index in [1.54, 1.807) is 13.2 Å². The summed E-state index contributed by atoms with van der Waals surface area (Å²) in [6.45, 7) is 0.562. The zero-order chi connectivity index (χ0) is 16.4. The molecule has 23 heavy (non-hydrogen) atoms. The molecule has 0 bridgehead atoms. The molecule has 6 nitrogen and oxygen atoms in total. The Morgan fingerprint density at radius 3 is 2.61 bits per heavy atom. The number of methoxy groups -OCH3 is 1. The fourth-order valence-electron chi connectivity index (χ4n) is 2.41. The number of ether oxygens (including phenoxy) is 1. The predicted molar refractivity (Wildman–Crippen MR) is 86.6 cm³/mol. The van der Waals surface area contributed by atoms with Crippen molar-refractivity contribution in [1.29, 1.82) is 0 Å². The van der Waals surface area contributed by atoms with Crippen LogP contribution in [-0.2, 0) is 6.54 Å². The molecule has 0 atom stereocenters. The predicted octanol–water partition coefficient (Wildman–Crippen LogP) is 1.69. The van der Waals surface area contributed by atoms with Crippen molar-refractivity contribution in [3.05, 3.63) is 46.2 Å². The maximum atomic E-state index is 12.4. The van der Waals surface area contributed by atoms with Gasteiger partial charge in [0.25, 0.3) is 11.5 Å². The number of nitrogens with one attached hydrogen (secondary N) is 1. The molecule has 3 rings (SSSR count). The van der Waals surface area contributed by atoms with Crippen molar-refractivity contribution in [2.45, 2.75) is 19.4 Å². The summed E-state index contributed by atoms with van der Waals surface area (Å²) in [6, 6.07) is 8.92. The Labute approximate surface area is 134 Å². The number of nitrogens with zero attached hydrogens (tertiary/aromatic N) is 2. The molecule has 1 aliphatic rings. The monoisotopic (exact) mass is 313 g/mol. The number of carbonyl (C=O) groups excluding carboxylic acids is 1. The fraction of sp³-hybridized carbons (Fsp3) is 0.353. The van der Waals surface area contributed by atoms with Gasteiger partial charge in [-0.15, -0.1) is 0 Å². The van der Waals surface area contributed by atoms with Gasteiger partial charge in [0.05, 0.1) is 12.8 Å². The zero-order valence-corrected chi connectivity index (χ0v) is 13.2. The van der Waals surface area contributed by atoms with E-state index in [2.05, 4.69) is 10.4 Å². The maximum absolute atomic E-state index is 12.4. The average Bonchev–Trinajstić information content (AvgIpc) is 3.40. The highest BCUT2D eigenvalue weighted by molar-refractivity contribution is 5.94. The van der Waals surface area contributed by atoms with Crippen LogP contribution in [0.4, 0.5) is 0 Å². The smallest absolute Gasteiger partial charge is 0.279 e. The Hall–Kier alpha value is -2.63. The highest BCUT2D eigenvalue weighted by Gasteiger charge is 2.24. The second-order valence-corrected chi connectivity index (χ2v) is 5.68. The molecule has 1 aromatic heterocycles. The summed E-state index contributed by atoms with van der Waals surface area (Å²) in [5, 5.41) is 6.95. The summed E-state index contributed by atoms with van der Waals surface area (Å²) in [4.78, 5) is 24.4. The van der Waals surface area contributed by atoms with E-state index in [1.807, 2.05) is 24.3 Å². The third-order valence-electron chi connectivity index (χ3n) is 3.96. The van der Waals surface area contributed by atoms with Crippen molar-refractivity contribution in [3.8, 4) is 17.0 Å². The van der Waals surface area contributed by atoms with Gasteiger partial charge < -0.3 is 10.1 Å². The van der Waals surface area contributed by atoms with Gasteiger partial charge in [-0.05, 0) is 49.1 Å². The van der Waals surface area contributed by atoms with Crippen LogP contribution in [-0.4, -0.2) is 29.8 Å². The largest absolute Gasteiger partial charge is 0.497 e. The highest BCUT2D eigenvalue weighted by atomic mass is 16.5. The van der Waals surface area contributed by atoms with Crippen LogP contribution in [0.5, 0.6) is 5.75 Å². The van der Waals surface area contributed by atoms with E-state index in [0.29, 0.717) is 18.2 Å². The van der Waals surface area contributed by atoms with E-state index >= 15 is 0 Å². The second kappa shape index (κ2) is 6.24. The number of carbonyl (C=O) groups is 1. The molecular weight excluding hydrogens is 294 g/mol. The number of hydrogen-bond acceptors (Lipinski definition) is 4. The van der Waals surface area contributed by atoms with Crippen molar-refractivity contribution in [2.75, 3.05) is 14.2 Å². The normalized spacial score (nSPS) is 13.7. The highest BCUT2D eigenvalue weighted by Crippen LogP contribution is 2.30. The third kappa shape index (κ3) is 3.26. The lowest BCUT2D eigenvalue weighted by Crippen LogP contribution is -2.33. The van der Waals surface area contributed by atoms with Crippen LogP contribution in [0.2, 0.25) is 0 Å². The lowest BCUT2D eigenvalue weighted by atomic mass is 10.1. The van der Waals surface area contributed by atoms with E-state index < -0.39 is 5.91 Å². The van der Waals surface area contributed by atoms with Gasteiger partial charge in [-0.25, -0.2) is 4.68 Å². The van der Waals surface area contributed by atoms with E-state index in [0.717, 1.165) is 24.2 Å². The first-order valence-corrected chi connectivity index (χ1v) is 7.61. The Bertz CT molecular complexity index is 777. The van der Waals surface area contributed by atoms with Crippen LogP contribution >= 0.6 is 0 Å². The minimum atomic E-state index is -0.392. The number of benzene rings is 1. The summed E-state index contributed by atoms with van der Waals surface area (Å²) in [6.07, 6.45) is 2.21. The fourth-order valence-corrected chi connectivity index (χ4v) is 2.41. The number of rotatable bonds is 5. The summed E-state index contributed by atoms with van der Waals surface area (Å²) in [5.41, 5.74) is 1.22. The molecule has 0 saturated heterocycles. The number of hydrogen-bond donors (Lipinski definition) is 1. The number of aromatic nitrogens is 2. The molecule has 1 amide bonds. The summed E-state index contributed by atoms with van der Waals surface area (Å²) in [5.74, 6) is 0.840. The van der Waals surface area contributed by atoms with Gasteiger partial charge in [-0.3, -0.25) is 9.59 Å². The minimum Gasteiger partial charge on any atom is -0.497 e. The summed E-state index contributed by atoms with van der Waals surface area (Å²) < 4.78 is 6.57. The van der Waals surface area contributed by atoms with Crippen molar-refractivity contribution >= 4 is 5.91 Å². The molecule has 1 N–H and O–H groups in total. The standard InChI is InChI=1S/C17H19N3O3/c1-18-16(21)14-9-15(12-5-7-13(23-2)8-6-12)19-20(17(14)22)10-11-3-4-11/h5-9,11H,3-4,10H2,1-2H3,(H,18,21). The Morgan fingerprint density at radius 2 is 2.04 bits per heavy atom. The van der Waals surface area contributed by atoms with Gasteiger partial charge in [0.15, 0.2) is 0 Å². The molecule has 0 radical (unpaired) electrons. The lowest BCUT2D eigenvalue weighted by molar-refractivity contribution is 0.0960. The number of amides is 1. The molecule has 1 aliphatic carbocycles. The molecule has 1 fully saturated rings. The Morgan fingerprint density at radius 1 is 1.35 bits per heavy atom. The quantitative estimate of drug-likeness (QED) is 0.911.